The van der Waals surface area contributed by atoms with Gasteiger partial charge in [0.05, 0.1) is 4.90 Å². The molecule has 3 unspecified atom stereocenters. The average Bonchev–Trinajstić information content (AvgIpc) is 2.42. The van der Waals surface area contributed by atoms with Crippen molar-refractivity contribution in [3.63, 3.8) is 0 Å². The number of hydrogen-bond acceptors (Lipinski definition) is 3. The van der Waals surface area contributed by atoms with E-state index in [0.29, 0.717) is 18.0 Å². The summed E-state index contributed by atoms with van der Waals surface area (Å²) in [5.74, 6) is 0.0100. The van der Waals surface area contributed by atoms with Gasteiger partial charge in [-0.15, -0.1) is 0 Å². The predicted octanol–water partition coefficient (Wildman–Crippen LogP) is 2.34. The van der Waals surface area contributed by atoms with Crippen LogP contribution in [0.5, 0.6) is 0 Å². The molecule has 1 aromatic carbocycles. The zero-order valence-corrected chi connectivity index (χ0v) is 13.5. The van der Waals surface area contributed by atoms with E-state index >= 15 is 0 Å². The van der Waals surface area contributed by atoms with Gasteiger partial charge in [-0.3, -0.25) is 0 Å². The van der Waals surface area contributed by atoms with Crippen LogP contribution in [0.1, 0.15) is 32.8 Å². The standard InChI is InChI=1S/C15H23FN2O2S/c1-10-6-11(2)12(3)18(9-10)21(19,20)15-7-14(16)5-4-13(15)8-17/h4-5,7,10-12H,6,8-9,17H2,1-3H3. The number of benzene rings is 1. The minimum absolute atomic E-state index is 0.00171. The first-order valence-corrected chi connectivity index (χ1v) is 8.71. The zero-order valence-electron chi connectivity index (χ0n) is 12.7. The van der Waals surface area contributed by atoms with Crippen LogP contribution in [0.15, 0.2) is 23.1 Å². The van der Waals surface area contributed by atoms with Gasteiger partial charge in [0.25, 0.3) is 0 Å². The summed E-state index contributed by atoms with van der Waals surface area (Å²) < 4.78 is 40.9. The molecule has 3 atom stereocenters. The first-order valence-electron chi connectivity index (χ1n) is 7.27. The van der Waals surface area contributed by atoms with Crippen LogP contribution in [-0.4, -0.2) is 25.3 Å². The van der Waals surface area contributed by atoms with Gasteiger partial charge in [-0.1, -0.05) is 19.9 Å². The van der Waals surface area contributed by atoms with Crippen molar-refractivity contribution in [2.45, 2.75) is 44.7 Å². The molecule has 1 heterocycles. The van der Waals surface area contributed by atoms with E-state index < -0.39 is 15.8 Å². The lowest BCUT2D eigenvalue weighted by Gasteiger charge is -2.40. The molecule has 1 saturated heterocycles. The van der Waals surface area contributed by atoms with E-state index in [0.717, 1.165) is 12.5 Å². The second kappa shape index (κ2) is 6.02. The molecule has 1 aliphatic rings. The van der Waals surface area contributed by atoms with Crippen LogP contribution < -0.4 is 5.73 Å². The third kappa shape index (κ3) is 3.12. The molecule has 2 rings (SSSR count). The summed E-state index contributed by atoms with van der Waals surface area (Å²) in [5.41, 5.74) is 6.06. The van der Waals surface area contributed by atoms with Crippen LogP contribution in [0.25, 0.3) is 0 Å². The molecule has 118 valence electrons. The molecule has 0 radical (unpaired) electrons. The van der Waals surface area contributed by atoms with Crippen LogP contribution in [0, 0.1) is 17.7 Å². The molecule has 21 heavy (non-hydrogen) atoms. The maximum Gasteiger partial charge on any atom is 0.243 e. The normalized spacial score (nSPS) is 27.8. The second-order valence-corrected chi connectivity index (χ2v) is 7.95. The molecule has 0 amide bonds. The van der Waals surface area contributed by atoms with Gasteiger partial charge >= 0.3 is 0 Å². The summed E-state index contributed by atoms with van der Waals surface area (Å²) in [6, 6.07) is 3.67. The van der Waals surface area contributed by atoms with Crippen molar-refractivity contribution in [3.8, 4) is 0 Å². The third-order valence-corrected chi connectivity index (χ3v) is 6.41. The van der Waals surface area contributed by atoms with Gasteiger partial charge in [-0.2, -0.15) is 4.31 Å². The largest absolute Gasteiger partial charge is 0.326 e. The van der Waals surface area contributed by atoms with Crippen molar-refractivity contribution in [3.05, 3.63) is 29.6 Å². The Morgan fingerprint density at radius 1 is 1.33 bits per heavy atom. The summed E-state index contributed by atoms with van der Waals surface area (Å²) in [4.78, 5) is -0.00171. The summed E-state index contributed by atoms with van der Waals surface area (Å²) in [7, 11) is -3.73. The molecule has 0 bridgehead atoms. The van der Waals surface area contributed by atoms with Gasteiger partial charge in [0.15, 0.2) is 0 Å². The SMILES string of the molecule is CC1CC(C)C(C)N(S(=O)(=O)c2cc(F)ccc2CN)C1. The molecular formula is C15H23FN2O2S. The Kier molecular flexibility index (Phi) is 4.70. The summed E-state index contributed by atoms with van der Waals surface area (Å²) in [5, 5.41) is 0. The highest BCUT2D eigenvalue weighted by molar-refractivity contribution is 7.89. The van der Waals surface area contributed by atoms with Gasteiger partial charge < -0.3 is 5.73 Å². The fraction of sp³-hybridized carbons (Fsp3) is 0.600. The fourth-order valence-electron chi connectivity index (χ4n) is 3.04. The van der Waals surface area contributed by atoms with Crippen molar-refractivity contribution >= 4 is 10.0 Å². The van der Waals surface area contributed by atoms with Crippen molar-refractivity contribution in [1.29, 1.82) is 0 Å². The van der Waals surface area contributed by atoms with Crippen molar-refractivity contribution < 1.29 is 12.8 Å². The van der Waals surface area contributed by atoms with Crippen LogP contribution in [0.2, 0.25) is 0 Å². The Hall–Kier alpha value is -0.980. The van der Waals surface area contributed by atoms with E-state index in [1.807, 2.05) is 13.8 Å². The smallest absolute Gasteiger partial charge is 0.243 e. The van der Waals surface area contributed by atoms with E-state index in [-0.39, 0.29) is 23.4 Å². The van der Waals surface area contributed by atoms with E-state index in [2.05, 4.69) is 6.92 Å². The van der Waals surface area contributed by atoms with Crippen LogP contribution in [-0.2, 0) is 16.6 Å². The molecule has 0 aliphatic carbocycles. The summed E-state index contributed by atoms with van der Waals surface area (Å²) in [6.45, 7) is 6.55. The lowest BCUT2D eigenvalue weighted by molar-refractivity contribution is 0.157. The predicted molar refractivity (Wildman–Crippen MR) is 80.6 cm³/mol. The number of halogens is 1. The first kappa shape index (κ1) is 16.4. The minimum Gasteiger partial charge on any atom is -0.326 e. The number of piperidine rings is 1. The van der Waals surface area contributed by atoms with Crippen molar-refractivity contribution in [2.24, 2.45) is 17.6 Å². The second-order valence-electron chi connectivity index (χ2n) is 6.09. The van der Waals surface area contributed by atoms with E-state index in [1.54, 1.807) is 0 Å². The quantitative estimate of drug-likeness (QED) is 0.931. The number of nitrogens with two attached hydrogens (primary N) is 1. The lowest BCUT2D eigenvalue weighted by atomic mass is 9.88. The molecular weight excluding hydrogens is 291 g/mol. The molecule has 1 fully saturated rings. The van der Waals surface area contributed by atoms with E-state index in [4.69, 9.17) is 5.73 Å². The highest BCUT2D eigenvalue weighted by Crippen LogP contribution is 2.32. The number of sulfonamides is 1. The Morgan fingerprint density at radius 3 is 2.62 bits per heavy atom. The molecule has 4 nitrogen and oxygen atoms in total. The molecule has 1 aromatic rings. The summed E-state index contributed by atoms with van der Waals surface area (Å²) >= 11 is 0. The topological polar surface area (TPSA) is 63.4 Å². The minimum atomic E-state index is -3.73. The van der Waals surface area contributed by atoms with Gasteiger partial charge in [-0.05, 0) is 42.9 Å². The van der Waals surface area contributed by atoms with Crippen LogP contribution in [0.3, 0.4) is 0 Å². The lowest BCUT2D eigenvalue weighted by Crippen LogP contribution is -2.48. The molecule has 0 aromatic heterocycles. The fourth-order valence-corrected chi connectivity index (χ4v) is 5.14. The maximum atomic E-state index is 13.5. The molecule has 1 aliphatic heterocycles. The number of rotatable bonds is 3. The summed E-state index contributed by atoms with van der Waals surface area (Å²) in [6.07, 6.45) is 1.00. The van der Waals surface area contributed by atoms with Crippen LogP contribution in [0.4, 0.5) is 4.39 Å². The first-order chi connectivity index (χ1) is 9.77. The average molecular weight is 314 g/mol. The highest BCUT2D eigenvalue weighted by Gasteiger charge is 2.38. The van der Waals surface area contributed by atoms with Crippen molar-refractivity contribution in [1.82, 2.24) is 4.31 Å². The Morgan fingerprint density at radius 2 is 2.00 bits per heavy atom. The Labute approximate surface area is 126 Å². The van der Waals surface area contributed by atoms with Crippen molar-refractivity contribution in [2.75, 3.05) is 6.54 Å². The molecule has 0 saturated carbocycles. The number of hydrogen-bond donors (Lipinski definition) is 1. The van der Waals surface area contributed by atoms with E-state index in [9.17, 15) is 12.8 Å². The van der Waals surface area contributed by atoms with E-state index in [1.165, 1.54) is 16.4 Å². The molecule has 6 heteroatoms. The molecule has 0 spiro atoms. The van der Waals surface area contributed by atoms with Gasteiger partial charge in [-0.25, -0.2) is 12.8 Å². The molecule has 2 N–H and O–H groups in total. The highest BCUT2D eigenvalue weighted by atomic mass is 32.2. The Bertz CT molecular complexity index is 618. The zero-order chi connectivity index (χ0) is 15.8. The Balaban J connectivity index is 2.48. The number of nitrogens with zero attached hydrogens (tertiary/aromatic N) is 1. The van der Waals surface area contributed by atoms with Gasteiger partial charge in [0.1, 0.15) is 5.82 Å². The third-order valence-electron chi connectivity index (χ3n) is 4.38. The maximum absolute atomic E-state index is 13.5. The van der Waals surface area contributed by atoms with Gasteiger partial charge in [0.2, 0.25) is 10.0 Å². The van der Waals surface area contributed by atoms with Crippen LogP contribution >= 0.6 is 0 Å². The monoisotopic (exact) mass is 314 g/mol. The van der Waals surface area contributed by atoms with Gasteiger partial charge in [0, 0.05) is 19.1 Å².